The van der Waals surface area contributed by atoms with Crippen molar-refractivity contribution in [1.82, 2.24) is 5.32 Å². The molecule has 0 fully saturated rings. The van der Waals surface area contributed by atoms with Gasteiger partial charge in [0.1, 0.15) is 5.75 Å². The van der Waals surface area contributed by atoms with Gasteiger partial charge in [-0.3, -0.25) is 0 Å². The maximum atomic E-state index is 5.34. The average Bonchev–Trinajstić information content (AvgIpc) is 2.32. The zero-order valence-electron chi connectivity index (χ0n) is 11.3. The first-order valence-corrected chi connectivity index (χ1v) is 6.53. The Morgan fingerprint density at radius 1 is 1.35 bits per heavy atom. The van der Waals surface area contributed by atoms with Crippen LogP contribution < -0.4 is 10.1 Å². The maximum absolute atomic E-state index is 5.34. The minimum absolute atomic E-state index is 0.483. The van der Waals surface area contributed by atoms with Gasteiger partial charge in [-0.05, 0) is 41.5 Å². The molecule has 0 aromatic heterocycles. The molecule has 2 atom stereocenters. The van der Waals surface area contributed by atoms with Crippen molar-refractivity contribution in [2.24, 2.45) is 5.92 Å². The molecule has 0 spiro atoms. The lowest BCUT2D eigenvalue weighted by molar-refractivity contribution is 0.386. The van der Waals surface area contributed by atoms with Crippen LogP contribution in [0.5, 0.6) is 5.75 Å². The molecule has 1 heterocycles. The van der Waals surface area contributed by atoms with E-state index in [1.54, 1.807) is 7.11 Å². The Morgan fingerprint density at radius 3 is 2.76 bits per heavy atom. The molecule has 1 aromatic rings. The maximum Gasteiger partial charge on any atom is 0.119 e. The molecule has 2 nitrogen and oxygen atoms in total. The van der Waals surface area contributed by atoms with Gasteiger partial charge in [0.15, 0.2) is 0 Å². The Hall–Kier alpha value is -1.02. The van der Waals surface area contributed by atoms with Crippen LogP contribution in [0.2, 0.25) is 0 Å². The van der Waals surface area contributed by atoms with Crippen LogP contribution >= 0.6 is 0 Å². The molecule has 2 rings (SSSR count). The normalized spacial score (nSPS) is 23.6. The fraction of sp³-hybridized carbons (Fsp3) is 0.600. The molecule has 17 heavy (non-hydrogen) atoms. The number of methoxy groups -OCH3 is 1. The van der Waals surface area contributed by atoms with Gasteiger partial charge in [-0.2, -0.15) is 0 Å². The van der Waals surface area contributed by atoms with Crippen LogP contribution in [0.1, 0.15) is 50.3 Å². The zero-order valence-corrected chi connectivity index (χ0v) is 11.3. The van der Waals surface area contributed by atoms with Crippen molar-refractivity contribution in [1.29, 1.82) is 0 Å². The first-order chi connectivity index (χ1) is 8.11. The lowest BCUT2D eigenvalue weighted by Crippen LogP contribution is -2.32. The van der Waals surface area contributed by atoms with Crippen molar-refractivity contribution in [2.45, 2.75) is 39.2 Å². The van der Waals surface area contributed by atoms with Crippen LogP contribution in [0.4, 0.5) is 0 Å². The number of benzene rings is 1. The van der Waals surface area contributed by atoms with Crippen molar-refractivity contribution in [3.63, 3.8) is 0 Å². The van der Waals surface area contributed by atoms with Gasteiger partial charge in [0, 0.05) is 12.6 Å². The lowest BCUT2D eigenvalue weighted by atomic mass is 9.84. The second-order valence-corrected chi connectivity index (χ2v) is 5.49. The van der Waals surface area contributed by atoms with Crippen LogP contribution in [-0.4, -0.2) is 13.7 Å². The monoisotopic (exact) mass is 233 g/mol. The van der Waals surface area contributed by atoms with E-state index in [1.165, 1.54) is 17.5 Å². The standard InChI is InChI=1S/C15H23NO/c1-10(2)7-15-14-8-12(17-4)5-6-13(14)11(3)9-16-15/h5-6,8,10-11,15-16H,7,9H2,1-4H3. The predicted molar refractivity (Wildman–Crippen MR) is 71.6 cm³/mol. The first-order valence-electron chi connectivity index (χ1n) is 6.53. The van der Waals surface area contributed by atoms with E-state index < -0.39 is 0 Å². The average molecular weight is 233 g/mol. The Labute approximate surface area is 104 Å². The van der Waals surface area contributed by atoms with E-state index in [0.717, 1.165) is 12.3 Å². The highest BCUT2D eigenvalue weighted by molar-refractivity contribution is 5.41. The van der Waals surface area contributed by atoms with Gasteiger partial charge >= 0.3 is 0 Å². The van der Waals surface area contributed by atoms with Gasteiger partial charge in [-0.25, -0.2) is 0 Å². The Morgan fingerprint density at radius 2 is 2.12 bits per heavy atom. The second kappa shape index (κ2) is 5.09. The van der Waals surface area contributed by atoms with E-state index in [4.69, 9.17) is 4.74 Å². The zero-order chi connectivity index (χ0) is 12.4. The quantitative estimate of drug-likeness (QED) is 0.863. The van der Waals surface area contributed by atoms with Crippen LogP contribution in [0.15, 0.2) is 18.2 Å². The third kappa shape index (κ3) is 2.63. The van der Waals surface area contributed by atoms with Crippen LogP contribution in [-0.2, 0) is 0 Å². The highest BCUT2D eigenvalue weighted by Crippen LogP contribution is 2.35. The summed E-state index contributed by atoms with van der Waals surface area (Å²) in [4.78, 5) is 0. The van der Waals surface area contributed by atoms with Gasteiger partial charge in [-0.1, -0.05) is 26.8 Å². The van der Waals surface area contributed by atoms with E-state index in [2.05, 4.69) is 44.3 Å². The van der Waals surface area contributed by atoms with E-state index in [0.29, 0.717) is 17.9 Å². The van der Waals surface area contributed by atoms with E-state index in [-0.39, 0.29) is 0 Å². The molecule has 1 N–H and O–H groups in total. The molecule has 2 unspecified atom stereocenters. The van der Waals surface area contributed by atoms with Crippen LogP contribution in [0.25, 0.3) is 0 Å². The Balaban J connectivity index is 2.34. The minimum atomic E-state index is 0.483. The Kier molecular flexibility index (Phi) is 3.72. The molecule has 0 saturated heterocycles. The topological polar surface area (TPSA) is 21.3 Å². The van der Waals surface area contributed by atoms with Crippen molar-refractivity contribution in [3.05, 3.63) is 29.3 Å². The van der Waals surface area contributed by atoms with E-state index in [9.17, 15) is 0 Å². The van der Waals surface area contributed by atoms with Crippen molar-refractivity contribution < 1.29 is 4.74 Å². The molecular formula is C15H23NO. The molecule has 2 heteroatoms. The van der Waals surface area contributed by atoms with Gasteiger partial charge < -0.3 is 10.1 Å². The molecule has 0 saturated carbocycles. The summed E-state index contributed by atoms with van der Waals surface area (Å²) in [6.45, 7) is 7.92. The smallest absolute Gasteiger partial charge is 0.119 e. The van der Waals surface area contributed by atoms with Gasteiger partial charge in [0.2, 0.25) is 0 Å². The van der Waals surface area contributed by atoms with Crippen LogP contribution in [0, 0.1) is 5.92 Å². The molecule has 0 bridgehead atoms. The number of fused-ring (bicyclic) bond motifs is 1. The van der Waals surface area contributed by atoms with Crippen molar-refractivity contribution in [3.8, 4) is 5.75 Å². The van der Waals surface area contributed by atoms with Gasteiger partial charge in [-0.15, -0.1) is 0 Å². The van der Waals surface area contributed by atoms with Gasteiger partial charge in [0.25, 0.3) is 0 Å². The predicted octanol–water partition coefficient (Wildman–Crippen LogP) is 3.49. The molecule has 1 aliphatic rings. The summed E-state index contributed by atoms with van der Waals surface area (Å²) >= 11 is 0. The number of hydrogen-bond donors (Lipinski definition) is 1. The molecule has 0 radical (unpaired) electrons. The molecule has 0 amide bonds. The highest BCUT2D eigenvalue weighted by atomic mass is 16.5. The fourth-order valence-electron chi connectivity index (χ4n) is 2.65. The summed E-state index contributed by atoms with van der Waals surface area (Å²) in [6.07, 6.45) is 1.19. The fourth-order valence-corrected chi connectivity index (χ4v) is 2.65. The minimum Gasteiger partial charge on any atom is -0.497 e. The summed E-state index contributed by atoms with van der Waals surface area (Å²) in [6, 6.07) is 6.99. The third-order valence-electron chi connectivity index (χ3n) is 3.58. The summed E-state index contributed by atoms with van der Waals surface area (Å²) in [5.41, 5.74) is 2.91. The van der Waals surface area contributed by atoms with Crippen molar-refractivity contribution in [2.75, 3.05) is 13.7 Å². The van der Waals surface area contributed by atoms with E-state index >= 15 is 0 Å². The molecule has 1 aliphatic heterocycles. The van der Waals surface area contributed by atoms with Crippen molar-refractivity contribution >= 4 is 0 Å². The third-order valence-corrected chi connectivity index (χ3v) is 3.58. The molecule has 1 aromatic carbocycles. The first kappa shape index (κ1) is 12.4. The van der Waals surface area contributed by atoms with Gasteiger partial charge in [0.05, 0.1) is 7.11 Å². The molecular weight excluding hydrogens is 210 g/mol. The number of nitrogens with one attached hydrogen (secondary N) is 1. The largest absolute Gasteiger partial charge is 0.497 e. The number of ether oxygens (including phenoxy) is 1. The summed E-state index contributed by atoms with van der Waals surface area (Å²) in [5, 5.41) is 3.65. The van der Waals surface area contributed by atoms with Crippen LogP contribution in [0.3, 0.4) is 0 Å². The molecule has 0 aliphatic carbocycles. The lowest BCUT2D eigenvalue weighted by Gasteiger charge is -2.32. The summed E-state index contributed by atoms with van der Waals surface area (Å²) in [5.74, 6) is 2.27. The van der Waals surface area contributed by atoms with E-state index in [1.807, 2.05) is 0 Å². The molecule has 94 valence electrons. The number of hydrogen-bond acceptors (Lipinski definition) is 2. The highest BCUT2D eigenvalue weighted by Gasteiger charge is 2.25. The number of rotatable bonds is 3. The summed E-state index contributed by atoms with van der Waals surface area (Å²) < 4.78 is 5.34. The summed E-state index contributed by atoms with van der Waals surface area (Å²) in [7, 11) is 1.73. The Bertz CT molecular complexity index is 387. The SMILES string of the molecule is COc1ccc2c(c1)C(CC(C)C)NCC2C. The second-order valence-electron chi connectivity index (χ2n) is 5.49.